The van der Waals surface area contributed by atoms with Crippen molar-refractivity contribution in [1.29, 1.82) is 0 Å². The number of benzene rings is 1. The molecule has 1 saturated heterocycles. The highest BCUT2D eigenvalue weighted by atomic mass is 79.9. The standard InChI is InChI=1S/C16H22BrNO3/c1-19-15-9-11(10-18-12-2-3-12)8-14(17)16(15)21-13-4-6-20-7-5-13/h8-9,12-13,18H,2-7,10H2,1H3. The maximum atomic E-state index is 6.13. The second kappa shape index (κ2) is 6.99. The summed E-state index contributed by atoms with van der Waals surface area (Å²) in [6, 6.07) is 4.88. The van der Waals surface area contributed by atoms with Crippen LogP contribution in [-0.4, -0.2) is 32.5 Å². The van der Waals surface area contributed by atoms with Gasteiger partial charge in [-0.05, 0) is 46.5 Å². The first-order chi connectivity index (χ1) is 10.3. The van der Waals surface area contributed by atoms with E-state index in [1.807, 2.05) is 0 Å². The van der Waals surface area contributed by atoms with Crippen LogP contribution >= 0.6 is 15.9 Å². The first-order valence-electron chi connectivity index (χ1n) is 7.60. The Balaban J connectivity index is 1.71. The van der Waals surface area contributed by atoms with E-state index in [1.165, 1.54) is 18.4 Å². The minimum Gasteiger partial charge on any atom is -0.493 e. The smallest absolute Gasteiger partial charge is 0.175 e. The topological polar surface area (TPSA) is 39.7 Å². The quantitative estimate of drug-likeness (QED) is 0.849. The van der Waals surface area contributed by atoms with E-state index < -0.39 is 0 Å². The highest BCUT2D eigenvalue weighted by molar-refractivity contribution is 9.10. The van der Waals surface area contributed by atoms with Gasteiger partial charge in [0, 0.05) is 25.4 Å². The van der Waals surface area contributed by atoms with Crippen LogP contribution in [0, 0.1) is 0 Å². The number of nitrogens with one attached hydrogen (secondary N) is 1. The molecule has 1 heterocycles. The summed E-state index contributed by atoms with van der Waals surface area (Å²) in [5.74, 6) is 1.60. The Kier molecular flexibility index (Phi) is 5.03. The molecule has 116 valence electrons. The van der Waals surface area contributed by atoms with E-state index in [0.717, 1.165) is 48.6 Å². The molecule has 0 radical (unpaired) electrons. The molecule has 2 aliphatic rings. The first-order valence-corrected chi connectivity index (χ1v) is 8.40. The lowest BCUT2D eigenvalue weighted by atomic mass is 10.1. The molecule has 3 rings (SSSR count). The lowest BCUT2D eigenvalue weighted by Crippen LogP contribution is -2.26. The lowest BCUT2D eigenvalue weighted by Gasteiger charge is -2.25. The fourth-order valence-corrected chi connectivity index (χ4v) is 3.08. The summed E-state index contributed by atoms with van der Waals surface area (Å²) in [6.45, 7) is 2.42. The van der Waals surface area contributed by atoms with Crippen LogP contribution < -0.4 is 14.8 Å². The van der Waals surface area contributed by atoms with E-state index in [0.29, 0.717) is 6.04 Å². The predicted molar refractivity (Wildman–Crippen MR) is 85.0 cm³/mol. The Bertz CT molecular complexity index is 485. The van der Waals surface area contributed by atoms with Crippen molar-refractivity contribution in [2.75, 3.05) is 20.3 Å². The van der Waals surface area contributed by atoms with Crippen LogP contribution in [-0.2, 0) is 11.3 Å². The summed E-state index contributed by atoms with van der Waals surface area (Å²) in [7, 11) is 1.69. The summed E-state index contributed by atoms with van der Waals surface area (Å²) in [4.78, 5) is 0. The van der Waals surface area contributed by atoms with Gasteiger partial charge in [0.15, 0.2) is 11.5 Å². The molecule has 4 nitrogen and oxygen atoms in total. The molecule has 1 aliphatic heterocycles. The number of methoxy groups -OCH3 is 1. The van der Waals surface area contributed by atoms with Crippen LogP contribution in [0.5, 0.6) is 11.5 Å². The summed E-state index contributed by atoms with van der Waals surface area (Å²) in [5, 5.41) is 3.52. The van der Waals surface area contributed by atoms with E-state index in [1.54, 1.807) is 7.11 Å². The van der Waals surface area contributed by atoms with Crippen LogP contribution in [0.1, 0.15) is 31.2 Å². The van der Waals surface area contributed by atoms with Crippen molar-refractivity contribution in [2.24, 2.45) is 0 Å². The fraction of sp³-hybridized carbons (Fsp3) is 0.625. The molecule has 0 aromatic heterocycles. The molecule has 0 bridgehead atoms. The Morgan fingerprint density at radius 3 is 2.67 bits per heavy atom. The molecule has 21 heavy (non-hydrogen) atoms. The first kappa shape index (κ1) is 15.1. The molecule has 1 N–H and O–H groups in total. The zero-order chi connectivity index (χ0) is 14.7. The van der Waals surface area contributed by atoms with Crippen LogP contribution in [0.25, 0.3) is 0 Å². The molecule has 1 aromatic rings. The molecule has 0 spiro atoms. The molecule has 0 amide bonds. The summed E-state index contributed by atoms with van der Waals surface area (Å²) in [5.41, 5.74) is 1.21. The third kappa shape index (κ3) is 4.11. The van der Waals surface area contributed by atoms with Crippen LogP contribution in [0.4, 0.5) is 0 Å². The summed E-state index contributed by atoms with van der Waals surface area (Å²) >= 11 is 3.62. The van der Waals surface area contributed by atoms with Crippen molar-refractivity contribution in [3.8, 4) is 11.5 Å². The summed E-state index contributed by atoms with van der Waals surface area (Å²) < 4.78 is 18.0. The van der Waals surface area contributed by atoms with Gasteiger partial charge in [0.05, 0.1) is 24.8 Å². The average Bonchev–Trinajstić information content (AvgIpc) is 3.32. The van der Waals surface area contributed by atoms with Crippen LogP contribution in [0.2, 0.25) is 0 Å². The van der Waals surface area contributed by atoms with E-state index in [2.05, 4.69) is 33.4 Å². The molecular weight excluding hydrogens is 334 g/mol. The number of rotatable bonds is 6. The van der Waals surface area contributed by atoms with Gasteiger partial charge in [0.2, 0.25) is 0 Å². The van der Waals surface area contributed by atoms with Gasteiger partial charge in [0.1, 0.15) is 6.10 Å². The zero-order valence-electron chi connectivity index (χ0n) is 12.4. The monoisotopic (exact) mass is 355 g/mol. The van der Waals surface area contributed by atoms with Crippen molar-refractivity contribution in [1.82, 2.24) is 5.32 Å². The lowest BCUT2D eigenvalue weighted by molar-refractivity contribution is 0.0242. The van der Waals surface area contributed by atoms with E-state index >= 15 is 0 Å². The minimum atomic E-state index is 0.208. The Morgan fingerprint density at radius 2 is 2.00 bits per heavy atom. The number of hydrogen-bond donors (Lipinski definition) is 1. The molecule has 1 saturated carbocycles. The highest BCUT2D eigenvalue weighted by Crippen LogP contribution is 2.38. The van der Waals surface area contributed by atoms with Crippen LogP contribution in [0.15, 0.2) is 16.6 Å². The zero-order valence-corrected chi connectivity index (χ0v) is 13.9. The normalized spacial score (nSPS) is 19.5. The Labute approximate surface area is 134 Å². The van der Waals surface area contributed by atoms with E-state index in [4.69, 9.17) is 14.2 Å². The third-order valence-corrected chi connectivity index (χ3v) is 4.50. The van der Waals surface area contributed by atoms with Gasteiger partial charge in [-0.25, -0.2) is 0 Å². The van der Waals surface area contributed by atoms with Gasteiger partial charge in [-0.1, -0.05) is 0 Å². The van der Waals surface area contributed by atoms with Crippen molar-refractivity contribution >= 4 is 15.9 Å². The second-order valence-corrected chi connectivity index (χ2v) is 6.55. The average molecular weight is 356 g/mol. The fourth-order valence-electron chi connectivity index (χ4n) is 2.50. The Morgan fingerprint density at radius 1 is 1.24 bits per heavy atom. The Hall–Kier alpha value is -0.780. The van der Waals surface area contributed by atoms with Crippen LogP contribution in [0.3, 0.4) is 0 Å². The molecule has 1 aliphatic carbocycles. The van der Waals surface area contributed by atoms with E-state index in [9.17, 15) is 0 Å². The van der Waals surface area contributed by atoms with Crippen molar-refractivity contribution in [2.45, 2.75) is 44.4 Å². The molecule has 1 aromatic carbocycles. The summed E-state index contributed by atoms with van der Waals surface area (Å²) in [6.07, 6.45) is 4.66. The van der Waals surface area contributed by atoms with Crippen molar-refractivity contribution < 1.29 is 14.2 Å². The number of hydrogen-bond acceptors (Lipinski definition) is 4. The number of ether oxygens (including phenoxy) is 3. The van der Waals surface area contributed by atoms with Crippen molar-refractivity contribution in [3.05, 3.63) is 22.2 Å². The number of halogens is 1. The van der Waals surface area contributed by atoms with Gasteiger partial charge in [-0.2, -0.15) is 0 Å². The molecule has 0 atom stereocenters. The molecular formula is C16H22BrNO3. The van der Waals surface area contributed by atoms with Gasteiger partial charge in [0.25, 0.3) is 0 Å². The molecule has 2 fully saturated rings. The predicted octanol–water partition coefficient (Wildman–Crippen LogP) is 3.27. The molecule has 5 heteroatoms. The third-order valence-electron chi connectivity index (χ3n) is 3.91. The van der Waals surface area contributed by atoms with Gasteiger partial charge in [-0.3, -0.25) is 0 Å². The highest BCUT2D eigenvalue weighted by Gasteiger charge is 2.22. The maximum absolute atomic E-state index is 6.13. The maximum Gasteiger partial charge on any atom is 0.175 e. The van der Waals surface area contributed by atoms with Gasteiger partial charge < -0.3 is 19.5 Å². The van der Waals surface area contributed by atoms with Gasteiger partial charge in [-0.15, -0.1) is 0 Å². The van der Waals surface area contributed by atoms with Gasteiger partial charge >= 0.3 is 0 Å². The SMILES string of the molecule is COc1cc(CNC2CC2)cc(Br)c1OC1CCOCC1. The van der Waals surface area contributed by atoms with Crippen molar-refractivity contribution in [3.63, 3.8) is 0 Å². The minimum absolute atomic E-state index is 0.208. The second-order valence-electron chi connectivity index (χ2n) is 5.69. The van der Waals surface area contributed by atoms with E-state index in [-0.39, 0.29) is 6.10 Å². The molecule has 0 unspecified atom stereocenters. The largest absolute Gasteiger partial charge is 0.493 e.